The van der Waals surface area contributed by atoms with E-state index < -0.39 is 26.5 Å². The Morgan fingerprint density at radius 1 is 0.674 bits per heavy atom. The van der Waals surface area contributed by atoms with Crippen LogP contribution in [0.25, 0.3) is 0 Å². The summed E-state index contributed by atoms with van der Waals surface area (Å²) in [4.78, 5) is 35.0. The van der Waals surface area contributed by atoms with Gasteiger partial charge in [0.25, 0.3) is 0 Å². The van der Waals surface area contributed by atoms with E-state index in [2.05, 4.69) is 26.0 Å². The highest BCUT2D eigenvalue weighted by atomic mass is 31.2. The summed E-state index contributed by atoms with van der Waals surface area (Å²) in [6.45, 7) is 4.29. The molecule has 0 rings (SSSR count). The number of ether oxygens (including phenoxy) is 2. The first-order chi connectivity index (χ1) is 22.0. The second-order valence-corrected chi connectivity index (χ2v) is 15.0. The maximum Gasteiger partial charge on any atom is 0.472 e. The first-order valence-corrected chi connectivity index (χ1v) is 19.9. The molecule has 0 aliphatic rings. The third kappa shape index (κ3) is 32.7. The van der Waals surface area contributed by atoms with Gasteiger partial charge in [-0.1, -0.05) is 122 Å². The van der Waals surface area contributed by atoms with Crippen LogP contribution < -0.4 is 0 Å². The molecule has 0 fully saturated rings. The summed E-state index contributed by atoms with van der Waals surface area (Å²) < 4.78 is 34.0. The van der Waals surface area contributed by atoms with E-state index in [1.54, 1.807) is 0 Å². The summed E-state index contributed by atoms with van der Waals surface area (Å²) in [7, 11) is 1.47. The Labute approximate surface area is 282 Å². The summed E-state index contributed by atoms with van der Waals surface area (Å²) in [5, 5.41) is 0. The van der Waals surface area contributed by atoms with E-state index in [1.165, 1.54) is 64.2 Å². The highest BCUT2D eigenvalue weighted by Crippen LogP contribution is 2.43. The monoisotopic (exact) mass is 676 g/mol. The molecule has 0 saturated heterocycles. The first kappa shape index (κ1) is 44.8. The molecule has 0 radical (unpaired) electrons. The van der Waals surface area contributed by atoms with Crippen LogP contribution in [-0.2, 0) is 32.7 Å². The number of hydrogen-bond acceptors (Lipinski definition) is 7. The zero-order chi connectivity index (χ0) is 34.4. The van der Waals surface area contributed by atoms with E-state index in [4.69, 9.17) is 18.5 Å². The van der Waals surface area contributed by atoms with Gasteiger partial charge in [0.1, 0.15) is 19.8 Å². The number of rotatable bonds is 33. The van der Waals surface area contributed by atoms with Crippen LogP contribution in [0, 0.1) is 0 Å². The maximum absolute atomic E-state index is 12.5. The minimum Gasteiger partial charge on any atom is -0.462 e. The number of quaternary nitrogens is 1. The van der Waals surface area contributed by atoms with Crippen LogP contribution in [-0.4, -0.2) is 74.9 Å². The van der Waals surface area contributed by atoms with Crippen molar-refractivity contribution in [3.8, 4) is 0 Å². The lowest BCUT2D eigenvalue weighted by molar-refractivity contribution is -0.870. The summed E-state index contributed by atoms with van der Waals surface area (Å²) >= 11 is 0. The standard InChI is InChI=1S/C36H70NO8P/c1-6-8-10-12-14-16-17-18-19-21-22-24-26-28-35(38)42-32-34(33-44-46(40,41)43-31-30-37(3,4)5)45-36(39)29-27-25-23-20-15-13-11-9-7-2/h9,11,34H,6-8,10,12-33H2,1-5H3/p+1/b11-9-/t34-/m0/s1. The molecule has 10 heteroatoms. The largest absolute Gasteiger partial charge is 0.472 e. The molecule has 2 atom stereocenters. The van der Waals surface area contributed by atoms with Crippen LogP contribution in [0.5, 0.6) is 0 Å². The van der Waals surface area contributed by atoms with E-state index in [0.29, 0.717) is 23.9 Å². The predicted molar refractivity (Wildman–Crippen MR) is 188 cm³/mol. The molecule has 0 aliphatic carbocycles. The van der Waals surface area contributed by atoms with Gasteiger partial charge in [-0.15, -0.1) is 0 Å². The quantitative estimate of drug-likeness (QED) is 0.0241. The molecule has 0 saturated carbocycles. The lowest BCUT2D eigenvalue weighted by Crippen LogP contribution is -2.37. The van der Waals surface area contributed by atoms with Gasteiger partial charge >= 0.3 is 19.8 Å². The molecule has 0 bridgehead atoms. The molecule has 272 valence electrons. The van der Waals surface area contributed by atoms with Crippen LogP contribution in [0.3, 0.4) is 0 Å². The normalized spacial score (nSPS) is 14.0. The molecule has 0 aromatic carbocycles. The van der Waals surface area contributed by atoms with Gasteiger partial charge in [0, 0.05) is 12.8 Å². The van der Waals surface area contributed by atoms with Crippen molar-refractivity contribution in [1.82, 2.24) is 0 Å². The van der Waals surface area contributed by atoms with Crippen molar-refractivity contribution >= 4 is 19.8 Å². The number of likely N-dealkylation sites (N-methyl/N-ethyl adjacent to an activating group) is 1. The molecule has 0 aromatic rings. The molecule has 0 spiro atoms. The van der Waals surface area contributed by atoms with Crippen molar-refractivity contribution in [1.29, 1.82) is 0 Å². The fourth-order valence-corrected chi connectivity index (χ4v) is 5.64. The average Bonchev–Trinajstić information content (AvgIpc) is 2.99. The van der Waals surface area contributed by atoms with Crippen LogP contribution in [0.4, 0.5) is 0 Å². The number of carbonyl (C=O) groups is 2. The van der Waals surface area contributed by atoms with Crippen molar-refractivity contribution < 1.29 is 42.1 Å². The second kappa shape index (κ2) is 29.9. The Kier molecular flexibility index (Phi) is 29.0. The smallest absolute Gasteiger partial charge is 0.462 e. The third-order valence-corrected chi connectivity index (χ3v) is 8.79. The number of unbranched alkanes of at least 4 members (excludes halogenated alkanes) is 17. The van der Waals surface area contributed by atoms with Gasteiger partial charge in [-0.05, 0) is 32.1 Å². The summed E-state index contributed by atoms with van der Waals surface area (Å²) in [6, 6.07) is 0. The van der Waals surface area contributed by atoms with E-state index in [1.807, 2.05) is 21.1 Å². The van der Waals surface area contributed by atoms with Crippen molar-refractivity contribution in [3.63, 3.8) is 0 Å². The van der Waals surface area contributed by atoms with E-state index in [-0.39, 0.29) is 25.6 Å². The molecule has 0 heterocycles. The average molecular weight is 677 g/mol. The highest BCUT2D eigenvalue weighted by Gasteiger charge is 2.27. The number of nitrogens with zero attached hydrogens (tertiary/aromatic N) is 1. The second-order valence-electron chi connectivity index (χ2n) is 13.6. The van der Waals surface area contributed by atoms with Gasteiger partial charge < -0.3 is 18.9 Å². The molecular formula is C36H71NO8P+. The maximum atomic E-state index is 12.5. The fourth-order valence-electron chi connectivity index (χ4n) is 4.90. The zero-order valence-corrected chi connectivity index (χ0v) is 31.2. The Morgan fingerprint density at radius 3 is 1.70 bits per heavy atom. The Bertz CT molecular complexity index is 814. The number of carbonyl (C=O) groups excluding carboxylic acids is 2. The van der Waals surface area contributed by atoms with Crippen molar-refractivity contribution in [3.05, 3.63) is 12.2 Å². The molecule has 0 amide bonds. The van der Waals surface area contributed by atoms with Gasteiger partial charge in [-0.2, -0.15) is 0 Å². The minimum absolute atomic E-state index is 0.0325. The molecule has 0 aromatic heterocycles. The fraction of sp³-hybridized carbons (Fsp3) is 0.889. The van der Waals surface area contributed by atoms with E-state index >= 15 is 0 Å². The van der Waals surface area contributed by atoms with Gasteiger partial charge in [0.2, 0.25) is 0 Å². The Balaban J connectivity index is 4.42. The third-order valence-electron chi connectivity index (χ3n) is 7.81. The van der Waals surface area contributed by atoms with Crippen molar-refractivity contribution in [2.45, 2.75) is 161 Å². The minimum atomic E-state index is -4.36. The zero-order valence-electron chi connectivity index (χ0n) is 30.3. The Morgan fingerprint density at radius 2 is 1.17 bits per heavy atom. The van der Waals surface area contributed by atoms with Crippen molar-refractivity contribution in [2.24, 2.45) is 0 Å². The predicted octanol–water partition coefficient (Wildman–Crippen LogP) is 9.46. The lowest BCUT2D eigenvalue weighted by atomic mass is 10.0. The topological polar surface area (TPSA) is 108 Å². The van der Waals surface area contributed by atoms with Crippen LogP contribution >= 0.6 is 7.82 Å². The molecule has 46 heavy (non-hydrogen) atoms. The van der Waals surface area contributed by atoms with Crippen LogP contribution in [0.2, 0.25) is 0 Å². The van der Waals surface area contributed by atoms with Crippen molar-refractivity contribution in [2.75, 3.05) is 47.5 Å². The SMILES string of the molecule is CC/C=C\CCCCCCCC(=O)O[C@@H](COC(=O)CCCCCCCCCCCCCCC)COP(=O)(O)OCC[N+](C)(C)C. The first-order valence-electron chi connectivity index (χ1n) is 18.4. The Hall–Kier alpha value is -1.25. The number of phosphoric ester groups is 1. The summed E-state index contributed by atoms with van der Waals surface area (Å²) in [5.41, 5.74) is 0. The highest BCUT2D eigenvalue weighted by molar-refractivity contribution is 7.47. The molecule has 0 aliphatic heterocycles. The molecule has 1 N–H and O–H groups in total. The van der Waals surface area contributed by atoms with E-state index in [9.17, 15) is 19.0 Å². The number of esters is 2. The van der Waals surface area contributed by atoms with E-state index in [0.717, 1.165) is 57.8 Å². The van der Waals surface area contributed by atoms with Gasteiger partial charge in [-0.25, -0.2) is 4.57 Å². The summed E-state index contributed by atoms with van der Waals surface area (Å²) in [6.07, 6.45) is 27.0. The van der Waals surface area contributed by atoms with Gasteiger partial charge in [-0.3, -0.25) is 18.6 Å². The van der Waals surface area contributed by atoms with Gasteiger partial charge in [0.05, 0.1) is 27.7 Å². The molecule has 9 nitrogen and oxygen atoms in total. The number of allylic oxidation sites excluding steroid dienone is 2. The van der Waals surface area contributed by atoms with Crippen LogP contribution in [0.1, 0.15) is 155 Å². The van der Waals surface area contributed by atoms with Gasteiger partial charge in [0.15, 0.2) is 6.10 Å². The molecule has 1 unspecified atom stereocenters. The molecular weight excluding hydrogens is 605 g/mol. The summed E-state index contributed by atoms with van der Waals surface area (Å²) in [5.74, 6) is -0.810. The number of hydrogen-bond donors (Lipinski definition) is 1. The van der Waals surface area contributed by atoms with Crippen LogP contribution in [0.15, 0.2) is 12.2 Å². The lowest BCUT2D eigenvalue weighted by Gasteiger charge is -2.24. The number of phosphoric acid groups is 1.